The van der Waals surface area contributed by atoms with Gasteiger partial charge in [-0.25, -0.2) is 4.98 Å². The van der Waals surface area contributed by atoms with Crippen molar-refractivity contribution in [2.24, 2.45) is 0 Å². The molecular weight excluding hydrogens is 262 g/mol. The van der Waals surface area contributed by atoms with E-state index in [1.165, 1.54) is 0 Å². The number of aryl methyl sites for hydroxylation is 1. The van der Waals surface area contributed by atoms with E-state index in [2.05, 4.69) is 15.3 Å². The lowest BCUT2D eigenvalue weighted by molar-refractivity contribution is 0.395. The molecule has 0 unspecified atom stereocenters. The molecule has 1 N–H and O–H groups in total. The fourth-order valence-corrected chi connectivity index (χ4v) is 1.75. The van der Waals surface area contributed by atoms with Crippen molar-refractivity contribution < 1.29 is 4.74 Å². The Labute approximate surface area is 117 Å². The molecule has 0 radical (unpaired) electrons. The fraction of sp³-hybridized carbons (Fsp3) is 0.286. The van der Waals surface area contributed by atoms with Gasteiger partial charge in [0, 0.05) is 24.1 Å². The molecule has 0 spiro atoms. The highest BCUT2D eigenvalue weighted by Crippen LogP contribution is 2.15. The number of hydrogen-bond donors (Lipinski definition) is 1. The summed E-state index contributed by atoms with van der Waals surface area (Å²) in [5, 5.41) is 3.99. The van der Waals surface area contributed by atoms with Crippen LogP contribution in [0.4, 0.5) is 5.82 Å². The van der Waals surface area contributed by atoms with Crippen molar-refractivity contribution in [1.29, 1.82) is 0 Å². The minimum atomic E-state index is 0.574. The van der Waals surface area contributed by atoms with E-state index in [9.17, 15) is 0 Å². The number of benzene rings is 1. The number of methoxy groups -OCH3 is 1. The van der Waals surface area contributed by atoms with Gasteiger partial charge >= 0.3 is 0 Å². The summed E-state index contributed by atoms with van der Waals surface area (Å²) in [7, 11) is 1.60. The summed E-state index contributed by atoms with van der Waals surface area (Å²) in [5.41, 5.74) is 1.14. The first-order chi connectivity index (χ1) is 9.21. The molecule has 4 nitrogen and oxygen atoms in total. The van der Waals surface area contributed by atoms with E-state index in [-0.39, 0.29) is 0 Å². The van der Waals surface area contributed by atoms with Crippen LogP contribution >= 0.6 is 11.6 Å². The quantitative estimate of drug-likeness (QED) is 0.911. The molecule has 1 heterocycles. The van der Waals surface area contributed by atoms with E-state index >= 15 is 0 Å². The van der Waals surface area contributed by atoms with E-state index < -0.39 is 0 Å². The van der Waals surface area contributed by atoms with E-state index in [0.29, 0.717) is 12.4 Å². The zero-order valence-electron chi connectivity index (χ0n) is 11.0. The molecular formula is C14H16ClN3O. The van der Waals surface area contributed by atoms with Crippen LogP contribution in [0.2, 0.25) is 5.02 Å². The topological polar surface area (TPSA) is 47.0 Å². The van der Waals surface area contributed by atoms with Crippen LogP contribution in [0.15, 0.2) is 30.3 Å². The Morgan fingerprint density at radius 1 is 1.21 bits per heavy atom. The van der Waals surface area contributed by atoms with Gasteiger partial charge in [0.15, 0.2) is 0 Å². The van der Waals surface area contributed by atoms with Gasteiger partial charge in [-0.2, -0.15) is 4.98 Å². The first kappa shape index (κ1) is 13.6. The molecule has 0 saturated heterocycles. The zero-order valence-corrected chi connectivity index (χ0v) is 11.7. The number of aromatic nitrogens is 2. The molecule has 0 aliphatic rings. The summed E-state index contributed by atoms with van der Waals surface area (Å²) >= 11 is 5.85. The van der Waals surface area contributed by atoms with Crippen molar-refractivity contribution in [2.45, 2.75) is 19.9 Å². The predicted octanol–water partition coefficient (Wildman–Crippen LogP) is 3.31. The number of anilines is 1. The van der Waals surface area contributed by atoms with Crippen molar-refractivity contribution in [3.63, 3.8) is 0 Å². The molecule has 100 valence electrons. The van der Waals surface area contributed by atoms with Crippen molar-refractivity contribution in [3.8, 4) is 5.88 Å². The molecule has 0 fully saturated rings. The number of ether oxygens (including phenoxy) is 1. The molecule has 1 aromatic heterocycles. The third-order valence-electron chi connectivity index (χ3n) is 2.66. The fourth-order valence-electron chi connectivity index (χ4n) is 1.62. The van der Waals surface area contributed by atoms with Crippen LogP contribution in [0.3, 0.4) is 0 Å². The third-order valence-corrected chi connectivity index (χ3v) is 2.91. The molecule has 0 atom stereocenters. The Bertz CT molecular complexity index is 521. The summed E-state index contributed by atoms with van der Waals surface area (Å²) in [6, 6.07) is 9.49. The Balaban J connectivity index is 2.08. The average Bonchev–Trinajstić information content (AvgIpc) is 2.46. The van der Waals surface area contributed by atoms with Crippen molar-refractivity contribution in [1.82, 2.24) is 9.97 Å². The van der Waals surface area contributed by atoms with Gasteiger partial charge in [0.25, 0.3) is 0 Å². The number of hydrogen-bond acceptors (Lipinski definition) is 4. The molecule has 0 saturated carbocycles. The van der Waals surface area contributed by atoms with Crippen LogP contribution in [0.25, 0.3) is 0 Å². The van der Waals surface area contributed by atoms with Crippen LogP contribution in [0.5, 0.6) is 5.88 Å². The highest BCUT2D eigenvalue weighted by Gasteiger charge is 2.03. The lowest BCUT2D eigenvalue weighted by Crippen LogP contribution is -2.05. The minimum Gasteiger partial charge on any atom is -0.481 e. The lowest BCUT2D eigenvalue weighted by atomic mass is 10.2. The van der Waals surface area contributed by atoms with Gasteiger partial charge in [0.1, 0.15) is 11.6 Å². The smallest absolute Gasteiger partial charge is 0.218 e. The first-order valence-electron chi connectivity index (χ1n) is 6.11. The summed E-state index contributed by atoms with van der Waals surface area (Å²) in [6.45, 7) is 2.69. The number of nitrogens with zero attached hydrogens (tertiary/aromatic N) is 2. The van der Waals surface area contributed by atoms with Crippen LogP contribution < -0.4 is 10.1 Å². The van der Waals surface area contributed by atoms with Crippen LogP contribution in [0.1, 0.15) is 18.3 Å². The highest BCUT2D eigenvalue weighted by atomic mass is 35.5. The SMILES string of the molecule is CCc1nc(NCc2ccc(Cl)cc2)cc(OC)n1. The van der Waals surface area contributed by atoms with E-state index in [4.69, 9.17) is 16.3 Å². The largest absolute Gasteiger partial charge is 0.481 e. The Morgan fingerprint density at radius 2 is 1.95 bits per heavy atom. The van der Waals surface area contributed by atoms with Crippen molar-refractivity contribution in [3.05, 3.63) is 46.7 Å². The molecule has 2 rings (SSSR count). The van der Waals surface area contributed by atoms with Gasteiger partial charge in [0.2, 0.25) is 5.88 Å². The summed E-state index contributed by atoms with van der Waals surface area (Å²) < 4.78 is 5.16. The van der Waals surface area contributed by atoms with Crippen LogP contribution in [-0.2, 0) is 13.0 Å². The molecule has 5 heteroatoms. The maximum absolute atomic E-state index is 5.85. The number of halogens is 1. The van der Waals surface area contributed by atoms with Gasteiger partial charge in [-0.15, -0.1) is 0 Å². The summed E-state index contributed by atoms with van der Waals surface area (Å²) in [5.74, 6) is 2.10. The Hall–Kier alpha value is -1.81. The summed E-state index contributed by atoms with van der Waals surface area (Å²) in [4.78, 5) is 8.65. The average molecular weight is 278 g/mol. The van der Waals surface area contributed by atoms with Gasteiger partial charge in [-0.1, -0.05) is 30.7 Å². The summed E-state index contributed by atoms with van der Waals surface area (Å²) in [6.07, 6.45) is 0.771. The maximum Gasteiger partial charge on any atom is 0.218 e. The van der Waals surface area contributed by atoms with Gasteiger partial charge in [0.05, 0.1) is 7.11 Å². The lowest BCUT2D eigenvalue weighted by Gasteiger charge is -2.09. The van der Waals surface area contributed by atoms with Gasteiger partial charge in [-0.3, -0.25) is 0 Å². The van der Waals surface area contributed by atoms with Crippen LogP contribution in [0, 0.1) is 0 Å². The second-order valence-electron chi connectivity index (χ2n) is 4.05. The maximum atomic E-state index is 5.85. The normalized spacial score (nSPS) is 10.3. The number of nitrogens with one attached hydrogen (secondary N) is 1. The molecule has 0 aliphatic carbocycles. The minimum absolute atomic E-state index is 0.574. The van der Waals surface area contributed by atoms with E-state index in [1.807, 2.05) is 31.2 Å². The number of rotatable bonds is 5. The standard InChI is InChI=1S/C14H16ClN3O/c1-3-12-17-13(8-14(18-12)19-2)16-9-10-4-6-11(15)7-5-10/h4-8H,3,9H2,1-2H3,(H,16,17,18). The predicted molar refractivity (Wildman–Crippen MR) is 76.7 cm³/mol. The van der Waals surface area contributed by atoms with E-state index in [1.54, 1.807) is 13.2 Å². The molecule has 0 amide bonds. The van der Waals surface area contributed by atoms with Crippen molar-refractivity contribution in [2.75, 3.05) is 12.4 Å². The van der Waals surface area contributed by atoms with Gasteiger partial charge < -0.3 is 10.1 Å². The van der Waals surface area contributed by atoms with Crippen LogP contribution in [-0.4, -0.2) is 17.1 Å². The monoisotopic (exact) mass is 277 g/mol. The Kier molecular flexibility index (Phi) is 4.58. The molecule has 1 aromatic carbocycles. The zero-order chi connectivity index (χ0) is 13.7. The van der Waals surface area contributed by atoms with E-state index in [0.717, 1.165) is 28.6 Å². The van der Waals surface area contributed by atoms with Gasteiger partial charge in [-0.05, 0) is 17.7 Å². The first-order valence-corrected chi connectivity index (χ1v) is 6.49. The third kappa shape index (κ3) is 3.83. The molecule has 0 aliphatic heterocycles. The molecule has 0 bridgehead atoms. The molecule has 19 heavy (non-hydrogen) atoms. The van der Waals surface area contributed by atoms with Crippen molar-refractivity contribution >= 4 is 17.4 Å². The second kappa shape index (κ2) is 6.38. The molecule has 2 aromatic rings. The Morgan fingerprint density at radius 3 is 2.58 bits per heavy atom. The highest BCUT2D eigenvalue weighted by molar-refractivity contribution is 6.30. The second-order valence-corrected chi connectivity index (χ2v) is 4.48.